The highest BCUT2D eigenvalue weighted by Gasteiger charge is 2.20. The van der Waals surface area contributed by atoms with Crippen LogP contribution < -0.4 is 4.74 Å². The first-order chi connectivity index (χ1) is 13.8. The molecule has 0 radical (unpaired) electrons. The van der Waals surface area contributed by atoms with Crippen LogP contribution in [0.4, 0.5) is 8.78 Å². The molecule has 0 spiro atoms. The molecule has 0 bridgehead atoms. The van der Waals surface area contributed by atoms with Gasteiger partial charge >= 0.3 is 0 Å². The number of carbonyl (C=O) groups is 1. The first kappa shape index (κ1) is 20.5. The van der Waals surface area contributed by atoms with Gasteiger partial charge in [0.2, 0.25) is 0 Å². The highest BCUT2D eigenvalue weighted by molar-refractivity contribution is 5.94. The van der Waals surface area contributed by atoms with Gasteiger partial charge in [0.15, 0.2) is 11.6 Å². The van der Waals surface area contributed by atoms with E-state index in [2.05, 4.69) is 5.16 Å². The summed E-state index contributed by atoms with van der Waals surface area (Å²) in [7, 11) is 1.62. The molecule has 1 unspecified atom stereocenters. The van der Waals surface area contributed by atoms with E-state index in [9.17, 15) is 13.6 Å². The summed E-state index contributed by atoms with van der Waals surface area (Å²) in [6.07, 6.45) is 0. The molecular formula is C22H22F2N2O3. The molecule has 3 aromatic rings. The van der Waals surface area contributed by atoms with Crippen molar-refractivity contribution in [1.82, 2.24) is 10.1 Å². The van der Waals surface area contributed by atoms with Crippen LogP contribution >= 0.6 is 0 Å². The molecule has 5 nitrogen and oxygen atoms in total. The zero-order valence-corrected chi connectivity index (χ0v) is 16.7. The Kier molecular flexibility index (Phi) is 5.96. The van der Waals surface area contributed by atoms with Crippen LogP contribution in [0.3, 0.4) is 0 Å². The van der Waals surface area contributed by atoms with E-state index in [1.807, 2.05) is 13.8 Å². The minimum Gasteiger partial charge on any atom is -0.489 e. The number of amides is 1. The third kappa shape index (κ3) is 4.45. The summed E-state index contributed by atoms with van der Waals surface area (Å²) in [4.78, 5) is 14.4. The molecule has 2 aromatic carbocycles. The van der Waals surface area contributed by atoms with Crippen LogP contribution in [0.5, 0.6) is 5.75 Å². The molecule has 1 atom stereocenters. The van der Waals surface area contributed by atoms with E-state index in [0.29, 0.717) is 22.6 Å². The summed E-state index contributed by atoms with van der Waals surface area (Å²) in [5, 5.41) is 3.89. The highest BCUT2D eigenvalue weighted by Crippen LogP contribution is 2.24. The van der Waals surface area contributed by atoms with Gasteiger partial charge in [0.05, 0.1) is 17.3 Å². The summed E-state index contributed by atoms with van der Waals surface area (Å²) in [6, 6.07) is 10.0. The Bertz CT molecular complexity index is 1010. The van der Waals surface area contributed by atoms with E-state index >= 15 is 0 Å². The molecule has 7 heteroatoms. The predicted molar refractivity (Wildman–Crippen MR) is 104 cm³/mol. The lowest BCUT2D eigenvalue weighted by atomic mass is 10.1. The largest absolute Gasteiger partial charge is 0.489 e. The van der Waals surface area contributed by atoms with Gasteiger partial charge in [-0.15, -0.1) is 0 Å². The number of nitrogens with zero attached hydrogens (tertiary/aromatic N) is 2. The van der Waals surface area contributed by atoms with Crippen LogP contribution in [0, 0.1) is 25.5 Å². The van der Waals surface area contributed by atoms with Crippen molar-refractivity contribution in [1.29, 1.82) is 0 Å². The van der Waals surface area contributed by atoms with Crippen LogP contribution in [-0.4, -0.2) is 23.0 Å². The Labute approximate surface area is 167 Å². The topological polar surface area (TPSA) is 55.6 Å². The maximum Gasteiger partial charge on any atom is 0.254 e. The van der Waals surface area contributed by atoms with E-state index in [4.69, 9.17) is 9.26 Å². The number of halogens is 2. The van der Waals surface area contributed by atoms with Gasteiger partial charge in [0.1, 0.15) is 18.1 Å². The zero-order valence-electron chi connectivity index (χ0n) is 16.7. The molecule has 0 saturated heterocycles. The van der Waals surface area contributed by atoms with E-state index in [1.165, 1.54) is 11.0 Å². The highest BCUT2D eigenvalue weighted by atomic mass is 19.2. The number of rotatable bonds is 6. The van der Waals surface area contributed by atoms with Crippen molar-refractivity contribution in [2.75, 3.05) is 7.05 Å². The molecule has 0 aliphatic heterocycles. The summed E-state index contributed by atoms with van der Waals surface area (Å²) in [6.45, 7) is 5.68. The second kappa shape index (κ2) is 8.43. The summed E-state index contributed by atoms with van der Waals surface area (Å²) in [5.74, 6) is -0.896. The lowest BCUT2D eigenvalue weighted by Crippen LogP contribution is -2.29. The number of hydrogen-bond donors (Lipinski definition) is 0. The predicted octanol–water partition coefficient (Wildman–Crippen LogP) is 4.98. The molecule has 29 heavy (non-hydrogen) atoms. The van der Waals surface area contributed by atoms with Crippen molar-refractivity contribution < 1.29 is 22.8 Å². The van der Waals surface area contributed by atoms with Crippen molar-refractivity contribution in [3.05, 3.63) is 82.2 Å². The molecule has 0 N–H and O–H groups in total. The maximum atomic E-state index is 13.5. The molecule has 1 aromatic heterocycles. The first-order valence-electron chi connectivity index (χ1n) is 9.14. The lowest BCUT2D eigenvalue weighted by molar-refractivity contribution is 0.0742. The minimum atomic E-state index is -0.940. The smallest absolute Gasteiger partial charge is 0.254 e. The van der Waals surface area contributed by atoms with E-state index in [1.54, 1.807) is 38.2 Å². The second-order valence-corrected chi connectivity index (χ2v) is 6.88. The Balaban J connectivity index is 1.73. The van der Waals surface area contributed by atoms with Gasteiger partial charge in [-0.3, -0.25) is 4.79 Å². The van der Waals surface area contributed by atoms with E-state index in [0.717, 1.165) is 23.4 Å². The Morgan fingerprint density at radius 3 is 2.59 bits per heavy atom. The number of aryl methyl sites for hydroxylation is 2. The molecule has 3 rings (SSSR count). The quantitative estimate of drug-likeness (QED) is 0.585. The fraction of sp³-hybridized carbons (Fsp3) is 0.273. The van der Waals surface area contributed by atoms with E-state index < -0.39 is 17.7 Å². The first-order valence-corrected chi connectivity index (χ1v) is 9.14. The third-order valence-electron chi connectivity index (χ3n) is 4.97. The van der Waals surface area contributed by atoms with Crippen molar-refractivity contribution >= 4 is 5.91 Å². The van der Waals surface area contributed by atoms with Gasteiger partial charge in [-0.1, -0.05) is 17.3 Å². The van der Waals surface area contributed by atoms with Crippen molar-refractivity contribution in [3.63, 3.8) is 0 Å². The maximum absolute atomic E-state index is 13.5. The van der Waals surface area contributed by atoms with Crippen LogP contribution in [0.1, 0.15) is 45.9 Å². The molecule has 0 aliphatic rings. The number of benzene rings is 2. The standard InChI is InChI=1S/C22H22F2N2O3/c1-13-19(15(3)29-25-13)12-28-18-7-5-6-17(10-18)22(27)26(4)14(2)16-8-9-20(23)21(24)11-16/h5-11,14H,12H2,1-4H3. The minimum absolute atomic E-state index is 0.259. The average Bonchev–Trinajstić information content (AvgIpc) is 3.04. The summed E-state index contributed by atoms with van der Waals surface area (Å²) < 4.78 is 37.6. The average molecular weight is 400 g/mol. The fourth-order valence-electron chi connectivity index (χ4n) is 2.96. The number of aromatic nitrogens is 1. The number of carbonyl (C=O) groups excluding carboxylic acids is 1. The number of ether oxygens (including phenoxy) is 1. The molecule has 0 saturated carbocycles. The van der Waals surface area contributed by atoms with Gasteiger partial charge in [-0.25, -0.2) is 8.78 Å². The van der Waals surface area contributed by atoms with Crippen molar-refractivity contribution in [2.45, 2.75) is 33.4 Å². The fourth-order valence-corrected chi connectivity index (χ4v) is 2.96. The van der Waals surface area contributed by atoms with Gasteiger partial charge < -0.3 is 14.2 Å². The lowest BCUT2D eigenvalue weighted by Gasteiger charge is -2.25. The van der Waals surface area contributed by atoms with Gasteiger partial charge in [-0.05, 0) is 56.7 Å². The summed E-state index contributed by atoms with van der Waals surface area (Å²) in [5.41, 5.74) is 2.56. The Hall–Kier alpha value is -3.22. The zero-order chi connectivity index (χ0) is 21.1. The van der Waals surface area contributed by atoms with Gasteiger partial charge in [0, 0.05) is 12.6 Å². The molecular weight excluding hydrogens is 378 g/mol. The summed E-state index contributed by atoms with van der Waals surface area (Å²) >= 11 is 0. The van der Waals surface area contributed by atoms with Gasteiger partial charge in [0.25, 0.3) is 5.91 Å². The van der Waals surface area contributed by atoms with Crippen LogP contribution in [0.2, 0.25) is 0 Å². The van der Waals surface area contributed by atoms with Gasteiger partial charge in [-0.2, -0.15) is 0 Å². The molecule has 1 heterocycles. The molecule has 0 aliphatic carbocycles. The van der Waals surface area contributed by atoms with Crippen molar-refractivity contribution in [2.24, 2.45) is 0 Å². The second-order valence-electron chi connectivity index (χ2n) is 6.88. The molecule has 1 amide bonds. The van der Waals surface area contributed by atoms with E-state index in [-0.39, 0.29) is 12.5 Å². The Morgan fingerprint density at radius 1 is 1.17 bits per heavy atom. The normalized spacial score (nSPS) is 11.9. The van der Waals surface area contributed by atoms with Crippen molar-refractivity contribution in [3.8, 4) is 5.75 Å². The number of hydrogen-bond acceptors (Lipinski definition) is 4. The monoisotopic (exact) mass is 400 g/mol. The van der Waals surface area contributed by atoms with Crippen LogP contribution in [-0.2, 0) is 6.61 Å². The van der Waals surface area contributed by atoms with Crippen LogP contribution in [0.15, 0.2) is 47.0 Å². The van der Waals surface area contributed by atoms with Crippen LogP contribution in [0.25, 0.3) is 0 Å². The third-order valence-corrected chi connectivity index (χ3v) is 4.97. The Morgan fingerprint density at radius 2 is 1.93 bits per heavy atom. The SMILES string of the molecule is Cc1noc(C)c1COc1cccc(C(=O)N(C)C(C)c2ccc(F)c(F)c2)c1. The molecule has 0 fully saturated rings. The molecule has 152 valence electrons.